The third-order valence-electron chi connectivity index (χ3n) is 5.00. The van der Waals surface area contributed by atoms with Crippen molar-refractivity contribution in [3.8, 4) is 5.75 Å². The highest BCUT2D eigenvalue weighted by Crippen LogP contribution is 2.37. The Hall–Kier alpha value is -3.62. The summed E-state index contributed by atoms with van der Waals surface area (Å²) in [7, 11) is 1.67. The second kappa shape index (κ2) is 9.05. The summed E-state index contributed by atoms with van der Waals surface area (Å²) in [6, 6.07) is 12.1. The summed E-state index contributed by atoms with van der Waals surface area (Å²) in [6.45, 7) is 1.42. The van der Waals surface area contributed by atoms with Gasteiger partial charge < -0.3 is 15.4 Å². The lowest BCUT2D eigenvalue weighted by molar-refractivity contribution is -0.384. The lowest BCUT2D eigenvalue weighted by atomic mass is 9.88. The van der Waals surface area contributed by atoms with Crippen molar-refractivity contribution in [2.24, 2.45) is 10.8 Å². The van der Waals surface area contributed by atoms with E-state index in [2.05, 4.69) is 16.6 Å². The van der Waals surface area contributed by atoms with E-state index in [1.165, 1.54) is 17.8 Å². The summed E-state index contributed by atoms with van der Waals surface area (Å²) in [5.41, 5.74) is 9.27. The number of nitrogens with zero attached hydrogens (tertiary/aromatic N) is 3. The maximum atomic E-state index is 11.6. The van der Waals surface area contributed by atoms with Crippen molar-refractivity contribution in [3.63, 3.8) is 0 Å². The van der Waals surface area contributed by atoms with Gasteiger partial charge in [0.1, 0.15) is 11.4 Å². The van der Waals surface area contributed by atoms with E-state index in [-0.39, 0.29) is 5.69 Å². The van der Waals surface area contributed by atoms with Gasteiger partial charge in [0, 0.05) is 24.7 Å². The summed E-state index contributed by atoms with van der Waals surface area (Å²) in [5.74, 6) is 1.23. The number of carbonyl (C=O) groups excluding carboxylic acids is 1. The number of nitrogens with two attached hydrogens (primary N) is 1. The topological polar surface area (TPSA) is 123 Å². The number of ether oxygens (including phenoxy) is 1. The number of piperidine rings is 1. The number of nitrogens with one attached hydrogen (secondary N) is 1. The van der Waals surface area contributed by atoms with Crippen LogP contribution < -0.4 is 20.8 Å². The largest absolute Gasteiger partial charge is 0.496 e. The molecule has 2 aromatic rings. The molecule has 2 amide bonds. The number of nitro benzene ring substituents is 1. The molecule has 29 heavy (non-hydrogen) atoms. The number of primary amides is 1. The van der Waals surface area contributed by atoms with Gasteiger partial charge in [-0.05, 0) is 36.5 Å². The van der Waals surface area contributed by atoms with Gasteiger partial charge in [0.15, 0.2) is 0 Å². The molecule has 0 radical (unpaired) electrons. The molecule has 1 aliphatic heterocycles. The molecule has 3 N–H and O–H groups in total. The molecule has 0 aliphatic carbocycles. The number of rotatable bonds is 6. The molecule has 1 saturated heterocycles. The van der Waals surface area contributed by atoms with Crippen LogP contribution in [0, 0.1) is 10.1 Å². The quantitative estimate of drug-likeness (QED) is 0.441. The predicted molar refractivity (Wildman–Crippen MR) is 111 cm³/mol. The minimum atomic E-state index is -0.801. The van der Waals surface area contributed by atoms with Gasteiger partial charge in [-0.25, -0.2) is 10.2 Å². The molecule has 1 fully saturated rings. The van der Waals surface area contributed by atoms with E-state index in [0.717, 1.165) is 18.6 Å². The number of hydrogen-bond donors (Lipinski definition) is 2. The number of benzene rings is 2. The number of urea groups is 1. The van der Waals surface area contributed by atoms with Crippen LogP contribution in [-0.4, -0.2) is 37.4 Å². The molecule has 0 aromatic heterocycles. The summed E-state index contributed by atoms with van der Waals surface area (Å²) in [4.78, 5) is 23.9. The Morgan fingerprint density at radius 3 is 2.69 bits per heavy atom. The number of amides is 2. The Labute approximate surface area is 168 Å². The standard InChI is InChI=1S/C20H23N5O4/c1-29-19-5-3-2-4-16(19)15-8-10-24(11-9-15)17-7-6-14(12-18(17)25(27)28)13-22-23-20(21)26/h2-7,12-13,15H,8-11H2,1H3,(H3,21,23,26). The maximum Gasteiger partial charge on any atom is 0.332 e. The van der Waals surface area contributed by atoms with Gasteiger partial charge in [0.25, 0.3) is 5.69 Å². The summed E-state index contributed by atoms with van der Waals surface area (Å²) in [6.07, 6.45) is 3.07. The summed E-state index contributed by atoms with van der Waals surface area (Å²) < 4.78 is 5.47. The van der Waals surface area contributed by atoms with Crippen LogP contribution in [0.15, 0.2) is 47.6 Å². The number of anilines is 1. The van der Waals surface area contributed by atoms with Gasteiger partial charge in [0.2, 0.25) is 0 Å². The molecule has 1 heterocycles. The van der Waals surface area contributed by atoms with Gasteiger partial charge in [-0.3, -0.25) is 10.1 Å². The number of para-hydroxylation sites is 1. The van der Waals surface area contributed by atoms with Crippen molar-refractivity contribution in [2.45, 2.75) is 18.8 Å². The first kappa shape index (κ1) is 20.1. The summed E-state index contributed by atoms with van der Waals surface area (Å²) >= 11 is 0. The number of methoxy groups -OCH3 is 1. The highest BCUT2D eigenvalue weighted by molar-refractivity contribution is 5.84. The second-order valence-corrected chi connectivity index (χ2v) is 6.74. The van der Waals surface area contributed by atoms with E-state index < -0.39 is 11.0 Å². The van der Waals surface area contributed by atoms with Crippen molar-refractivity contribution in [1.29, 1.82) is 0 Å². The number of hydrogen-bond acceptors (Lipinski definition) is 6. The lowest BCUT2D eigenvalue weighted by Gasteiger charge is -2.34. The first-order valence-electron chi connectivity index (χ1n) is 9.24. The second-order valence-electron chi connectivity index (χ2n) is 6.74. The van der Waals surface area contributed by atoms with Crippen LogP contribution in [0.4, 0.5) is 16.2 Å². The minimum Gasteiger partial charge on any atom is -0.496 e. The number of hydrazone groups is 1. The number of nitro groups is 1. The molecule has 9 nitrogen and oxygen atoms in total. The van der Waals surface area contributed by atoms with Crippen molar-refractivity contribution in [3.05, 3.63) is 63.7 Å². The van der Waals surface area contributed by atoms with Crippen LogP contribution in [0.25, 0.3) is 0 Å². The van der Waals surface area contributed by atoms with Gasteiger partial charge in [-0.1, -0.05) is 24.3 Å². The zero-order valence-corrected chi connectivity index (χ0v) is 16.1. The fourth-order valence-corrected chi connectivity index (χ4v) is 3.64. The van der Waals surface area contributed by atoms with Gasteiger partial charge in [0.05, 0.1) is 18.2 Å². The van der Waals surface area contributed by atoms with E-state index in [0.29, 0.717) is 30.3 Å². The normalized spacial score (nSPS) is 14.7. The molecule has 0 unspecified atom stereocenters. The Kier molecular flexibility index (Phi) is 6.28. The van der Waals surface area contributed by atoms with E-state index in [4.69, 9.17) is 10.5 Å². The van der Waals surface area contributed by atoms with Gasteiger partial charge in [-0.15, -0.1) is 0 Å². The molecule has 2 aromatic carbocycles. The molecule has 0 saturated carbocycles. The Bertz CT molecular complexity index is 923. The predicted octanol–water partition coefficient (Wildman–Crippen LogP) is 2.99. The van der Waals surface area contributed by atoms with Crippen LogP contribution in [0.1, 0.15) is 29.9 Å². The van der Waals surface area contributed by atoms with Gasteiger partial charge >= 0.3 is 6.03 Å². The maximum absolute atomic E-state index is 11.6. The monoisotopic (exact) mass is 397 g/mol. The van der Waals surface area contributed by atoms with Crippen molar-refractivity contribution < 1.29 is 14.5 Å². The Balaban J connectivity index is 1.75. The molecular formula is C20H23N5O4. The van der Waals surface area contributed by atoms with Crippen LogP contribution >= 0.6 is 0 Å². The summed E-state index contributed by atoms with van der Waals surface area (Å²) in [5, 5.41) is 15.2. The molecular weight excluding hydrogens is 374 g/mol. The number of carbonyl (C=O) groups is 1. The third-order valence-corrected chi connectivity index (χ3v) is 5.00. The molecule has 1 aliphatic rings. The van der Waals surface area contributed by atoms with Crippen molar-refractivity contribution >= 4 is 23.6 Å². The first-order chi connectivity index (χ1) is 14.0. The zero-order chi connectivity index (χ0) is 20.8. The van der Waals surface area contributed by atoms with E-state index in [1.807, 2.05) is 23.1 Å². The first-order valence-corrected chi connectivity index (χ1v) is 9.24. The van der Waals surface area contributed by atoms with Crippen molar-refractivity contribution in [1.82, 2.24) is 5.43 Å². The highest BCUT2D eigenvalue weighted by Gasteiger charge is 2.27. The molecule has 152 valence electrons. The SMILES string of the molecule is COc1ccccc1C1CCN(c2ccc(C=NNC(N)=O)cc2[N+](=O)[O-])CC1. The van der Waals surface area contributed by atoms with Crippen LogP contribution in [-0.2, 0) is 0 Å². The minimum absolute atomic E-state index is 0.00349. The average molecular weight is 397 g/mol. The van der Waals surface area contributed by atoms with E-state index >= 15 is 0 Å². The van der Waals surface area contributed by atoms with E-state index in [1.54, 1.807) is 19.2 Å². The fourth-order valence-electron chi connectivity index (χ4n) is 3.64. The lowest BCUT2D eigenvalue weighted by Crippen LogP contribution is -2.33. The van der Waals surface area contributed by atoms with Crippen LogP contribution in [0.3, 0.4) is 0 Å². The Morgan fingerprint density at radius 2 is 2.03 bits per heavy atom. The molecule has 9 heteroatoms. The van der Waals surface area contributed by atoms with Crippen molar-refractivity contribution in [2.75, 3.05) is 25.1 Å². The third kappa shape index (κ3) is 4.81. The smallest absolute Gasteiger partial charge is 0.332 e. The highest BCUT2D eigenvalue weighted by atomic mass is 16.6. The molecule has 0 bridgehead atoms. The van der Waals surface area contributed by atoms with Gasteiger partial charge in [-0.2, -0.15) is 5.10 Å². The Morgan fingerprint density at radius 1 is 1.31 bits per heavy atom. The average Bonchev–Trinajstić information content (AvgIpc) is 2.73. The van der Waals surface area contributed by atoms with Crippen LogP contribution in [0.5, 0.6) is 5.75 Å². The zero-order valence-electron chi connectivity index (χ0n) is 16.1. The molecule has 0 spiro atoms. The van der Waals surface area contributed by atoms with Crippen LogP contribution in [0.2, 0.25) is 0 Å². The molecule has 0 atom stereocenters. The fraction of sp³-hybridized carbons (Fsp3) is 0.300. The molecule has 3 rings (SSSR count). The van der Waals surface area contributed by atoms with E-state index in [9.17, 15) is 14.9 Å².